The first-order valence-electron chi connectivity index (χ1n) is 7.20. The maximum absolute atomic E-state index is 12.4. The monoisotopic (exact) mass is 293 g/mol. The normalized spacial score (nSPS) is 21.1. The Morgan fingerprint density at radius 1 is 1.22 bits per heavy atom. The van der Waals surface area contributed by atoms with Crippen LogP contribution in [0, 0.1) is 0 Å². The molecule has 0 amide bonds. The Morgan fingerprint density at radius 2 is 1.83 bits per heavy atom. The molecule has 0 aromatic carbocycles. The van der Waals surface area contributed by atoms with Gasteiger partial charge in [-0.05, 0) is 25.9 Å². The second kappa shape index (κ2) is 8.63. The summed E-state index contributed by atoms with van der Waals surface area (Å²) in [7, 11) is 0. The summed E-state index contributed by atoms with van der Waals surface area (Å²) in [5, 5.41) is 0. The topological polar surface area (TPSA) is 29.5 Å². The van der Waals surface area contributed by atoms with Crippen molar-refractivity contribution in [2.75, 3.05) is 32.1 Å². The van der Waals surface area contributed by atoms with Gasteiger partial charge in [0.25, 0.3) is 6.57 Å². The zero-order valence-electron chi connectivity index (χ0n) is 12.1. The molecule has 3 nitrogen and oxygen atoms in total. The summed E-state index contributed by atoms with van der Waals surface area (Å²) >= 11 is 1.52. The number of rotatable bonds is 8. The minimum Gasteiger partial charge on any atom is -0.318 e. The van der Waals surface area contributed by atoms with E-state index in [2.05, 4.69) is 18.7 Å². The van der Waals surface area contributed by atoms with Crippen LogP contribution in [0.15, 0.2) is 0 Å². The minimum absolute atomic E-state index is 0.246. The first kappa shape index (κ1) is 16.6. The Hall–Kier alpha value is 0.500. The summed E-state index contributed by atoms with van der Waals surface area (Å²) in [6.07, 6.45) is 6.20. The predicted octanol–water partition coefficient (Wildman–Crippen LogP) is 4.23. The van der Waals surface area contributed by atoms with E-state index in [4.69, 9.17) is 4.52 Å². The highest BCUT2D eigenvalue weighted by Gasteiger charge is 2.24. The van der Waals surface area contributed by atoms with E-state index in [1.54, 1.807) is 6.66 Å². The molecule has 0 bridgehead atoms. The first-order valence-corrected chi connectivity index (χ1v) is 10.9. The largest absolute Gasteiger partial charge is 0.318 e. The molecule has 0 N–H and O–H groups in total. The van der Waals surface area contributed by atoms with E-state index < -0.39 is 6.57 Å². The summed E-state index contributed by atoms with van der Waals surface area (Å²) < 4.78 is 18.2. The molecule has 18 heavy (non-hydrogen) atoms. The van der Waals surface area contributed by atoms with Gasteiger partial charge in [-0.1, -0.05) is 44.5 Å². The van der Waals surface area contributed by atoms with Gasteiger partial charge in [0.2, 0.25) is 0 Å². The Kier molecular flexibility index (Phi) is 7.93. The van der Waals surface area contributed by atoms with E-state index in [9.17, 15) is 4.57 Å². The fourth-order valence-electron chi connectivity index (χ4n) is 2.35. The Bertz CT molecular complexity index is 266. The van der Waals surface area contributed by atoms with Crippen LogP contribution in [0.25, 0.3) is 0 Å². The molecule has 5 heteroatoms. The molecule has 1 unspecified atom stereocenters. The molecule has 0 aliphatic heterocycles. The van der Waals surface area contributed by atoms with Gasteiger partial charge in [-0.25, -0.2) is 0 Å². The molecule has 1 saturated carbocycles. The van der Waals surface area contributed by atoms with Crippen molar-refractivity contribution < 1.29 is 9.09 Å². The summed E-state index contributed by atoms with van der Waals surface area (Å²) in [5.74, 6) is 0.905. The maximum Gasteiger partial charge on any atom is 0.255 e. The molecule has 108 valence electrons. The van der Waals surface area contributed by atoms with E-state index in [1.165, 1.54) is 30.6 Å². The van der Waals surface area contributed by atoms with Crippen molar-refractivity contribution in [3.63, 3.8) is 0 Å². The lowest BCUT2D eigenvalue weighted by Crippen LogP contribution is -2.25. The van der Waals surface area contributed by atoms with Crippen LogP contribution in [-0.4, -0.2) is 43.1 Å². The number of hydrogen-bond donors (Lipinski definition) is 0. The maximum atomic E-state index is 12.4. The molecule has 0 aromatic heterocycles. The lowest BCUT2D eigenvalue weighted by molar-refractivity contribution is 0.165. The highest BCUT2D eigenvalue weighted by atomic mass is 32.7. The van der Waals surface area contributed by atoms with Crippen LogP contribution in [-0.2, 0) is 9.09 Å². The van der Waals surface area contributed by atoms with E-state index in [0.717, 1.165) is 38.2 Å². The molecule has 1 atom stereocenters. The van der Waals surface area contributed by atoms with E-state index in [1.807, 2.05) is 0 Å². The molecule has 1 fully saturated rings. The number of hydrogen-bond acceptors (Lipinski definition) is 4. The highest BCUT2D eigenvalue weighted by Crippen LogP contribution is 2.57. The zero-order chi connectivity index (χ0) is 13.4. The smallest absolute Gasteiger partial charge is 0.255 e. The second-order valence-electron chi connectivity index (χ2n) is 5.00. The molecule has 0 radical (unpaired) electrons. The minimum atomic E-state index is -2.45. The second-order valence-corrected chi connectivity index (χ2v) is 10.2. The Balaban J connectivity index is 2.23. The van der Waals surface area contributed by atoms with Crippen LogP contribution in [0.2, 0.25) is 0 Å². The summed E-state index contributed by atoms with van der Waals surface area (Å²) in [6.45, 7) is 6.80. The molecule has 1 aliphatic carbocycles. The van der Waals surface area contributed by atoms with Gasteiger partial charge < -0.3 is 9.42 Å². The van der Waals surface area contributed by atoms with Gasteiger partial charge in [0.1, 0.15) is 0 Å². The third-order valence-electron chi connectivity index (χ3n) is 3.52. The van der Waals surface area contributed by atoms with Crippen molar-refractivity contribution in [3.05, 3.63) is 0 Å². The standard InChI is InChI=1S/C13H28NO2PS/c1-4-14(5-2)11-12-18-17(3,15)16-13-9-7-6-8-10-13/h13H,4-12H2,1-3H3. The first-order chi connectivity index (χ1) is 8.57. The van der Waals surface area contributed by atoms with Gasteiger partial charge in [-0.2, -0.15) is 0 Å². The van der Waals surface area contributed by atoms with Crippen LogP contribution in [0.5, 0.6) is 0 Å². The van der Waals surface area contributed by atoms with E-state index in [-0.39, 0.29) is 6.10 Å². The lowest BCUT2D eigenvalue weighted by atomic mass is 9.98. The fourth-order valence-corrected chi connectivity index (χ4v) is 5.62. The van der Waals surface area contributed by atoms with Crippen molar-refractivity contribution in [1.29, 1.82) is 0 Å². The summed E-state index contributed by atoms with van der Waals surface area (Å²) in [6, 6.07) is 0. The van der Waals surface area contributed by atoms with E-state index >= 15 is 0 Å². The molecule has 0 saturated heterocycles. The Labute approximate surface area is 116 Å². The van der Waals surface area contributed by atoms with Gasteiger partial charge in [0.05, 0.1) is 6.10 Å². The highest BCUT2D eigenvalue weighted by molar-refractivity contribution is 8.56. The molecule has 1 rings (SSSR count). The van der Waals surface area contributed by atoms with Gasteiger partial charge in [-0.3, -0.25) is 4.57 Å². The third-order valence-corrected chi connectivity index (χ3v) is 7.25. The van der Waals surface area contributed by atoms with Crippen molar-refractivity contribution in [2.24, 2.45) is 0 Å². The van der Waals surface area contributed by atoms with Gasteiger partial charge >= 0.3 is 0 Å². The summed E-state index contributed by atoms with van der Waals surface area (Å²) in [5.41, 5.74) is 0. The molecular weight excluding hydrogens is 265 g/mol. The van der Waals surface area contributed by atoms with Crippen LogP contribution >= 0.6 is 18.0 Å². The Morgan fingerprint density at radius 3 is 2.39 bits per heavy atom. The lowest BCUT2D eigenvalue weighted by Gasteiger charge is -2.26. The molecule has 1 aliphatic rings. The zero-order valence-corrected chi connectivity index (χ0v) is 13.8. The fraction of sp³-hybridized carbons (Fsp3) is 1.00. The van der Waals surface area contributed by atoms with Crippen molar-refractivity contribution in [1.82, 2.24) is 4.90 Å². The summed E-state index contributed by atoms with van der Waals surface area (Å²) in [4.78, 5) is 2.35. The van der Waals surface area contributed by atoms with Gasteiger partial charge in [0.15, 0.2) is 0 Å². The average molecular weight is 293 g/mol. The van der Waals surface area contributed by atoms with Crippen molar-refractivity contribution in [2.45, 2.75) is 52.1 Å². The van der Waals surface area contributed by atoms with Crippen LogP contribution in [0.3, 0.4) is 0 Å². The third kappa shape index (κ3) is 6.60. The van der Waals surface area contributed by atoms with Crippen LogP contribution in [0.1, 0.15) is 46.0 Å². The average Bonchev–Trinajstić information content (AvgIpc) is 2.35. The molecule has 0 heterocycles. The van der Waals surface area contributed by atoms with Gasteiger partial charge in [0, 0.05) is 19.0 Å². The molecule has 0 spiro atoms. The predicted molar refractivity (Wildman–Crippen MR) is 81.7 cm³/mol. The quantitative estimate of drug-likeness (QED) is 0.626. The van der Waals surface area contributed by atoms with Crippen LogP contribution in [0.4, 0.5) is 0 Å². The molecule has 0 aromatic rings. The van der Waals surface area contributed by atoms with Gasteiger partial charge in [-0.15, -0.1) is 0 Å². The van der Waals surface area contributed by atoms with E-state index in [0.29, 0.717) is 0 Å². The van der Waals surface area contributed by atoms with Crippen molar-refractivity contribution >= 4 is 18.0 Å². The molecular formula is C13H28NO2PS. The SMILES string of the molecule is CCN(CC)CCSP(C)(=O)OC1CCCCC1. The van der Waals surface area contributed by atoms with Crippen LogP contribution < -0.4 is 0 Å². The van der Waals surface area contributed by atoms with Crippen molar-refractivity contribution in [3.8, 4) is 0 Å². The number of nitrogens with zero attached hydrogens (tertiary/aromatic N) is 1.